The number of oxime groups is 1. The van der Waals surface area contributed by atoms with E-state index in [2.05, 4.69) is 15.3 Å². The Morgan fingerprint density at radius 2 is 2.05 bits per heavy atom. The van der Waals surface area contributed by atoms with E-state index in [0.717, 1.165) is 31.0 Å². The van der Waals surface area contributed by atoms with Crippen LogP contribution in [-0.4, -0.2) is 15.9 Å². The van der Waals surface area contributed by atoms with Crippen molar-refractivity contribution in [2.24, 2.45) is 5.16 Å². The lowest BCUT2D eigenvalue weighted by Gasteiger charge is -2.02. The monoisotopic (exact) mass is 291 g/mol. The molecule has 1 aliphatic carbocycles. The van der Waals surface area contributed by atoms with E-state index in [4.69, 9.17) is 9.36 Å². The van der Waals surface area contributed by atoms with Crippen molar-refractivity contribution >= 4 is 5.71 Å². The van der Waals surface area contributed by atoms with Crippen LogP contribution in [-0.2, 0) is 4.84 Å². The highest BCUT2D eigenvalue weighted by Crippen LogP contribution is 2.39. The summed E-state index contributed by atoms with van der Waals surface area (Å²) in [5, 5.41) is 7.72. The molecule has 2 aliphatic rings. The first-order chi connectivity index (χ1) is 10.2. The van der Waals surface area contributed by atoms with Gasteiger partial charge in [-0.2, -0.15) is 4.98 Å². The van der Waals surface area contributed by atoms with Crippen molar-refractivity contribution in [1.82, 2.24) is 10.1 Å². The van der Waals surface area contributed by atoms with Crippen LogP contribution in [0, 0.1) is 11.6 Å². The highest BCUT2D eigenvalue weighted by atomic mass is 19.1. The lowest BCUT2D eigenvalue weighted by Crippen LogP contribution is -2.04. The first kappa shape index (κ1) is 12.4. The van der Waals surface area contributed by atoms with Crippen molar-refractivity contribution < 1.29 is 18.1 Å². The Kier molecular flexibility index (Phi) is 2.73. The maximum Gasteiger partial charge on any atom is 0.270 e. The zero-order chi connectivity index (χ0) is 14.4. The third-order valence-corrected chi connectivity index (χ3v) is 3.58. The predicted octanol–water partition coefficient (Wildman–Crippen LogP) is 3.09. The molecule has 2 aromatic rings. The molecule has 2 heterocycles. The maximum absolute atomic E-state index is 13.7. The van der Waals surface area contributed by atoms with Gasteiger partial charge in [-0.15, -0.1) is 0 Å². The summed E-state index contributed by atoms with van der Waals surface area (Å²) in [6.45, 7) is 0. The number of hydrogen-bond acceptors (Lipinski definition) is 5. The summed E-state index contributed by atoms with van der Waals surface area (Å²) in [5.41, 5.74) is 0.433. The van der Waals surface area contributed by atoms with Gasteiger partial charge >= 0.3 is 0 Å². The zero-order valence-corrected chi connectivity index (χ0v) is 10.9. The molecule has 0 amide bonds. The Morgan fingerprint density at radius 3 is 2.86 bits per heavy atom. The van der Waals surface area contributed by atoms with E-state index >= 15 is 0 Å². The van der Waals surface area contributed by atoms with Crippen LogP contribution >= 0.6 is 0 Å². The summed E-state index contributed by atoms with van der Waals surface area (Å²) in [5.74, 6) is 0.325. The quantitative estimate of drug-likeness (QED) is 0.871. The van der Waals surface area contributed by atoms with Crippen LogP contribution < -0.4 is 0 Å². The largest absolute Gasteiger partial charge is 0.382 e. The molecule has 0 bridgehead atoms. The van der Waals surface area contributed by atoms with E-state index < -0.39 is 17.7 Å². The molecule has 0 spiro atoms. The second kappa shape index (κ2) is 4.61. The summed E-state index contributed by atoms with van der Waals surface area (Å²) < 4.78 is 32.1. The lowest BCUT2D eigenvalue weighted by atomic mass is 10.0. The molecule has 0 radical (unpaired) electrons. The fourth-order valence-corrected chi connectivity index (χ4v) is 2.27. The van der Waals surface area contributed by atoms with Crippen molar-refractivity contribution in [3.05, 3.63) is 47.1 Å². The lowest BCUT2D eigenvalue weighted by molar-refractivity contribution is 0.0599. The van der Waals surface area contributed by atoms with Crippen molar-refractivity contribution in [2.75, 3.05) is 0 Å². The number of hydrogen-bond donors (Lipinski definition) is 0. The molecule has 1 aliphatic heterocycles. The number of aromatic nitrogens is 2. The van der Waals surface area contributed by atoms with Crippen LogP contribution in [0.5, 0.6) is 0 Å². The molecule has 1 fully saturated rings. The van der Waals surface area contributed by atoms with E-state index in [1.807, 2.05) is 0 Å². The zero-order valence-electron chi connectivity index (χ0n) is 10.9. The fourth-order valence-electron chi connectivity index (χ4n) is 2.27. The minimum atomic E-state index is -0.539. The molecule has 1 atom stereocenters. The van der Waals surface area contributed by atoms with Crippen LogP contribution in [0.1, 0.15) is 48.6 Å². The Morgan fingerprint density at radius 1 is 1.19 bits per heavy atom. The van der Waals surface area contributed by atoms with Gasteiger partial charge in [-0.3, -0.25) is 0 Å². The standard InChI is InChI=1S/C14H11F2N3O2/c15-8-3-4-10(16)9(5-8)11-6-12(20-18-11)14-17-13(19-21-14)7-1-2-7/h3-5,7,12H,1-2,6H2. The minimum absolute atomic E-state index is 0.0967. The Bertz CT molecular complexity index is 725. The van der Waals surface area contributed by atoms with E-state index in [9.17, 15) is 8.78 Å². The Labute approximate surface area is 118 Å². The van der Waals surface area contributed by atoms with Crippen molar-refractivity contribution in [3.8, 4) is 0 Å². The Hall–Kier alpha value is -2.31. The van der Waals surface area contributed by atoms with Gasteiger partial charge in [0.1, 0.15) is 11.6 Å². The minimum Gasteiger partial charge on any atom is -0.382 e. The van der Waals surface area contributed by atoms with E-state index in [1.165, 1.54) is 0 Å². The highest BCUT2D eigenvalue weighted by Gasteiger charge is 2.34. The SMILES string of the molecule is Fc1ccc(F)c(C2=NOC(c3nc(C4CC4)no3)C2)c1. The van der Waals surface area contributed by atoms with Gasteiger partial charge in [0.15, 0.2) is 5.82 Å². The van der Waals surface area contributed by atoms with Gasteiger partial charge in [0.25, 0.3) is 5.89 Å². The first-order valence-corrected chi connectivity index (χ1v) is 6.72. The van der Waals surface area contributed by atoms with Crippen LogP contribution in [0.4, 0.5) is 8.78 Å². The topological polar surface area (TPSA) is 60.5 Å². The Balaban J connectivity index is 1.54. The third-order valence-electron chi connectivity index (χ3n) is 3.58. The van der Waals surface area contributed by atoms with Crippen molar-refractivity contribution in [1.29, 1.82) is 0 Å². The van der Waals surface area contributed by atoms with Gasteiger partial charge in [-0.05, 0) is 31.0 Å². The molecule has 1 aromatic carbocycles. The first-order valence-electron chi connectivity index (χ1n) is 6.72. The summed E-state index contributed by atoms with van der Waals surface area (Å²) in [6.07, 6.45) is 1.87. The van der Waals surface area contributed by atoms with Gasteiger partial charge in [-0.25, -0.2) is 8.78 Å². The molecule has 1 aromatic heterocycles. The van der Waals surface area contributed by atoms with Crippen LogP contribution in [0.15, 0.2) is 27.9 Å². The summed E-state index contributed by atoms with van der Waals surface area (Å²) >= 11 is 0. The van der Waals surface area contributed by atoms with Crippen LogP contribution in [0.25, 0.3) is 0 Å². The molecule has 0 saturated heterocycles. The van der Waals surface area contributed by atoms with Gasteiger partial charge in [0.2, 0.25) is 6.10 Å². The van der Waals surface area contributed by atoms with Crippen LogP contribution in [0.3, 0.4) is 0 Å². The summed E-state index contributed by atoms with van der Waals surface area (Å²) in [6, 6.07) is 3.23. The molecule has 4 rings (SSSR count). The van der Waals surface area contributed by atoms with Crippen LogP contribution in [0.2, 0.25) is 0 Å². The molecule has 5 nitrogen and oxygen atoms in total. The number of nitrogens with zero attached hydrogens (tertiary/aromatic N) is 3. The maximum atomic E-state index is 13.7. The second-order valence-electron chi connectivity index (χ2n) is 5.23. The van der Waals surface area contributed by atoms with Crippen molar-refractivity contribution in [2.45, 2.75) is 31.3 Å². The number of rotatable bonds is 3. The molecule has 1 unspecified atom stereocenters. The number of benzene rings is 1. The normalized spacial score (nSPS) is 21.2. The number of halogens is 2. The second-order valence-corrected chi connectivity index (χ2v) is 5.23. The highest BCUT2D eigenvalue weighted by molar-refractivity contribution is 6.01. The molecular formula is C14H11F2N3O2. The van der Waals surface area contributed by atoms with Gasteiger partial charge in [0, 0.05) is 17.9 Å². The van der Waals surface area contributed by atoms with E-state index in [1.54, 1.807) is 0 Å². The summed E-state index contributed by atoms with van der Waals surface area (Å²) in [4.78, 5) is 9.50. The molecule has 0 N–H and O–H groups in total. The average molecular weight is 291 g/mol. The average Bonchev–Trinajstić information content (AvgIpc) is 3.03. The molecule has 108 valence electrons. The fraction of sp³-hybridized carbons (Fsp3) is 0.357. The van der Waals surface area contributed by atoms with E-state index in [-0.39, 0.29) is 12.0 Å². The smallest absolute Gasteiger partial charge is 0.270 e. The predicted molar refractivity (Wildman–Crippen MR) is 67.6 cm³/mol. The van der Waals surface area contributed by atoms with Gasteiger partial charge in [-0.1, -0.05) is 10.3 Å². The van der Waals surface area contributed by atoms with Gasteiger partial charge in [0.05, 0.1) is 5.71 Å². The molecule has 1 saturated carbocycles. The summed E-state index contributed by atoms with van der Waals surface area (Å²) in [7, 11) is 0. The van der Waals surface area contributed by atoms with E-state index in [0.29, 0.717) is 23.3 Å². The van der Waals surface area contributed by atoms with Crippen molar-refractivity contribution in [3.63, 3.8) is 0 Å². The molecule has 7 heteroatoms. The molecular weight excluding hydrogens is 280 g/mol. The van der Waals surface area contributed by atoms with Gasteiger partial charge < -0.3 is 9.36 Å². The molecule has 21 heavy (non-hydrogen) atoms. The third kappa shape index (κ3) is 2.28.